The molecule has 1 aromatic rings. The van der Waals surface area contributed by atoms with Gasteiger partial charge in [-0.2, -0.15) is 0 Å². The Kier molecular flexibility index (Phi) is 4.80. The molecule has 4 nitrogen and oxygen atoms in total. The van der Waals surface area contributed by atoms with Gasteiger partial charge in [0.05, 0.1) is 13.2 Å². The summed E-state index contributed by atoms with van der Waals surface area (Å²) in [7, 11) is 3.80. The summed E-state index contributed by atoms with van der Waals surface area (Å²) in [6.07, 6.45) is 1.37. The molecule has 4 heteroatoms. The van der Waals surface area contributed by atoms with Gasteiger partial charge < -0.3 is 15.2 Å². The minimum absolute atomic E-state index is 0.0473. The highest BCUT2D eigenvalue weighted by atomic mass is 16.5. The maximum atomic E-state index is 6.32. The Labute approximate surface area is 115 Å². The molecule has 0 radical (unpaired) electrons. The fourth-order valence-corrected chi connectivity index (χ4v) is 2.82. The van der Waals surface area contributed by atoms with Crippen LogP contribution in [0.3, 0.4) is 0 Å². The highest BCUT2D eigenvalue weighted by molar-refractivity contribution is 5.35. The molecule has 1 saturated heterocycles. The van der Waals surface area contributed by atoms with Crippen molar-refractivity contribution in [3.05, 3.63) is 29.8 Å². The zero-order valence-electron chi connectivity index (χ0n) is 12.0. The predicted molar refractivity (Wildman–Crippen MR) is 76.4 cm³/mol. The molecule has 3 unspecified atom stereocenters. The van der Waals surface area contributed by atoms with Gasteiger partial charge in [0.15, 0.2) is 0 Å². The molecule has 19 heavy (non-hydrogen) atoms. The summed E-state index contributed by atoms with van der Waals surface area (Å²) in [6, 6.07) is 8.36. The van der Waals surface area contributed by atoms with Gasteiger partial charge in [0, 0.05) is 30.8 Å². The first-order valence-electron chi connectivity index (χ1n) is 6.83. The van der Waals surface area contributed by atoms with Crippen LogP contribution in [0.2, 0.25) is 0 Å². The fraction of sp³-hybridized carbons (Fsp3) is 0.600. The van der Waals surface area contributed by atoms with E-state index in [9.17, 15) is 0 Å². The van der Waals surface area contributed by atoms with Crippen LogP contribution in [0.25, 0.3) is 0 Å². The lowest BCUT2D eigenvalue weighted by Crippen LogP contribution is -2.40. The van der Waals surface area contributed by atoms with Crippen molar-refractivity contribution in [3.63, 3.8) is 0 Å². The SMILES string of the molecule is COc1ccccc1C(N)CN(C)C1CCOC1C. The van der Waals surface area contributed by atoms with Crippen LogP contribution in [0.15, 0.2) is 24.3 Å². The average molecular weight is 264 g/mol. The first kappa shape index (κ1) is 14.3. The Balaban J connectivity index is 2.02. The molecule has 0 aromatic heterocycles. The Bertz CT molecular complexity index is 411. The molecule has 0 spiro atoms. The molecule has 1 fully saturated rings. The van der Waals surface area contributed by atoms with Crippen molar-refractivity contribution in [2.75, 3.05) is 27.3 Å². The molecule has 0 saturated carbocycles. The van der Waals surface area contributed by atoms with Gasteiger partial charge in [0.1, 0.15) is 5.75 Å². The van der Waals surface area contributed by atoms with Crippen molar-refractivity contribution >= 4 is 0 Å². The number of hydrogen-bond donors (Lipinski definition) is 1. The molecule has 106 valence electrons. The summed E-state index contributed by atoms with van der Waals surface area (Å²) >= 11 is 0. The molecule has 1 aliphatic heterocycles. The van der Waals surface area contributed by atoms with Crippen molar-refractivity contribution in [1.29, 1.82) is 0 Å². The van der Waals surface area contributed by atoms with Crippen molar-refractivity contribution in [2.45, 2.75) is 31.5 Å². The van der Waals surface area contributed by atoms with E-state index in [0.717, 1.165) is 30.9 Å². The molecule has 1 aliphatic rings. The molecule has 0 bridgehead atoms. The van der Waals surface area contributed by atoms with Crippen LogP contribution in [0, 0.1) is 0 Å². The van der Waals surface area contributed by atoms with E-state index in [-0.39, 0.29) is 12.1 Å². The van der Waals surface area contributed by atoms with E-state index < -0.39 is 0 Å². The van der Waals surface area contributed by atoms with Crippen LogP contribution in [0.1, 0.15) is 24.9 Å². The van der Waals surface area contributed by atoms with E-state index in [1.165, 1.54) is 0 Å². The first-order chi connectivity index (χ1) is 9.13. The zero-order chi connectivity index (χ0) is 13.8. The third-order valence-electron chi connectivity index (χ3n) is 3.93. The number of ether oxygens (including phenoxy) is 2. The van der Waals surface area contributed by atoms with Crippen LogP contribution in [0.4, 0.5) is 0 Å². The predicted octanol–water partition coefficient (Wildman–Crippen LogP) is 1.80. The number of benzene rings is 1. The monoisotopic (exact) mass is 264 g/mol. The summed E-state index contributed by atoms with van der Waals surface area (Å²) in [5.41, 5.74) is 7.38. The minimum Gasteiger partial charge on any atom is -0.496 e. The number of nitrogens with two attached hydrogens (primary N) is 1. The van der Waals surface area contributed by atoms with Gasteiger partial charge in [-0.1, -0.05) is 18.2 Å². The normalized spacial score (nSPS) is 24.7. The molecular weight excluding hydrogens is 240 g/mol. The van der Waals surface area contributed by atoms with Crippen molar-refractivity contribution in [2.24, 2.45) is 5.73 Å². The molecule has 0 amide bonds. The van der Waals surface area contributed by atoms with Gasteiger partial charge in [-0.25, -0.2) is 0 Å². The highest BCUT2D eigenvalue weighted by Crippen LogP contribution is 2.25. The molecule has 1 aromatic carbocycles. The number of methoxy groups -OCH3 is 1. The Hall–Kier alpha value is -1.10. The van der Waals surface area contributed by atoms with Crippen LogP contribution in [-0.4, -0.2) is 44.4 Å². The van der Waals surface area contributed by atoms with E-state index >= 15 is 0 Å². The third kappa shape index (κ3) is 3.26. The first-order valence-corrected chi connectivity index (χ1v) is 6.83. The number of likely N-dealkylation sites (N-methyl/N-ethyl adjacent to an activating group) is 1. The number of rotatable bonds is 5. The number of nitrogens with zero attached hydrogens (tertiary/aromatic N) is 1. The Morgan fingerprint density at radius 1 is 1.47 bits per heavy atom. The maximum Gasteiger partial charge on any atom is 0.123 e. The molecule has 1 heterocycles. The van der Waals surface area contributed by atoms with Gasteiger partial charge >= 0.3 is 0 Å². The molecular formula is C15H24N2O2. The van der Waals surface area contributed by atoms with E-state index in [2.05, 4.69) is 18.9 Å². The van der Waals surface area contributed by atoms with Crippen LogP contribution in [0.5, 0.6) is 5.75 Å². The van der Waals surface area contributed by atoms with Gasteiger partial charge in [-0.05, 0) is 26.5 Å². The summed E-state index contributed by atoms with van der Waals surface area (Å²) < 4.78 is 11.0. The summed E-state index contributed by atoms with van der Waals surface area (Å²) in [5.74, 6) is 0.860. The smallest absolute Gasteiger partial charge is 0.123 e. The number of para-hydroxylation sites is 1. The van der Waals surface area contributed by atoms with Gasteiger partial charge in [-0.3, -0.25) is 4.90 Å². The molecule has 0 aliphatic carbocycles. The lowest BCUT2D eigenvalue weighted by atomic mass is 10.0. The average Bonchev–Trinajstić information content (AvgIpc) is 2.85. The number of hydrogen-bond acceptors (Lipinski definition) is 4. The Morgan fingerprint density at radius 2 is 2.21 bits per heavy atom. The zero-order valence-corrected chi connectivity index (χ0v) is 12.0. The third-order valence-corrected chi connectivity index (χ3v) is 3.93. The van der Waals surface area contributed by atoms with Crippen LogP contribution >= 0.6 is 0 Å². The molecule has 2 N–H and O–H groups in total. The van der Waals surface area contributed by atoms with Gasteiger partial charge in [0.25, 0.3) is 0 Å². The second-order valence-electron chi connectivity index (χ2n) is 5.22. The van der Waals surface area contributed by atoms with Crippen molar-refractivity contribution in [1.82, 2.24) is 4.90 Å². The fourth-order valence-electron chi connectivity index (χ4n) is 2.82. The lowest BCUT2D eigenvalue weighted by Gasteiger charge is -2.29. The van der Waals surface area contributed by atoms with Crippen LogP contribution < -0.4 is 10.5 Å². The van der Waals surface area contributed by atoms with E-state index in [1.807, 2.05) is 24.3 Å². The van der Waals surface area contributed by atoms with E-state index in [0.29, 0.717) is 6.04 Å². The second kappa shape index (κ2) is 6.37. The maximum absolute atomic E-state index is 6.32. The van der Waals surface area contributed by atoms with Crippen LogP contribution in [-0.2, 0) is 4.74 Å². The highest BCUT2D eigenvalue weighted by Gasteiger charge is 2.29. The van der Waals surface area contributed by atoms with E-state index in [4.69, 9.17) is 15.2 Å². The minimum atomic E-state index is -0.0473. The lowest BCUT2D eigenvalue weighted by molar-refractivity contribution is 0.0817. The molecule has 2 rings (SSSR count). The van der Waals surface area contributed by atoms with Gasteiger partial charge in [-0.15, -0.1) is 0 Å². The molecule has 3 atom stereocenters. The van der Waals surface area contributed by atoms with Crippen molar-refractivity contribution in [3.8, 4) is 5.75 Å². The standard InChI is InChI=1S/C15H24N2O2/c1-11-14(8-9-19-11)17(2)10-13(16)12-6-4-5-7-15(12)18-3/h4-7,11,13-14H,8-10,16H2,1-3H3. The van der Waals surface area contributed by atoms with Crippen molar-refractivity contribution < 1.29 is 9.47 Å². The Morgan fingerprint density at radius 3 is 2.84 bits per heavy atom. The summed E-state index contributed by atoms with van der Waals surface area (Å²) in [5, 5.41) is 0. The van der Waals surface area contributed by atoms with Gasteiger partial charge in [0.2, 0.25) is 0 Å². The summed E-state index contributed by atoms with van der Waals surface area (Å²) in [4.78, 5) is 2.30. The quantitative estimate of drug-likeness (QED) is 0.881. The topological polar surface area (TPSA) is 47.7 Å². The second-order valence-corrected chi connectivity index (χ2v) is 5.22. The largest absolute Gasteiger partial charge is 0.496 e. The van der Waals surface area contributed by atoms with E-state index in [1.54, 1.807) is 7.11 Å². The summed E-state index contributed by atoms with van der Waals surface area (Å²) in [6.45, 7) is 3.78.